The van der Waals surface area contributed by atoms with Gasteiger partial charge in [0.2, 0.25) is 0 Å². The van der Waals surface area contributed by atoms with Gasteiger partial charge in [-0.2, -0.15) is 0 Å². The summed E-state index contributed by atoms with van der Waals surface area (Å²) in [5.41, 5.74) is -0.868. The summed E-state index contributed by atoms with van der Waals surface area (Å²) in [5, 5.41) is 18.4. The summed E-state index contributed by atoms with van der Waals surface area (Å²) in [4.78, 5) is 22.5. The fraction of sp³-hybridized carbons (Fsp3) is 0.857. The standard InChI is InChI=1S/C14H24O4/c1-10-3-4-12(5-14(10,8-17)9-18)11(2)13(6-15)7-16/h8-13,15-16H,3-7H2,1-2H3. The zero-order chi connectivity index (χ0) is 13.8. The van der Waals surface area contributed by atoms with E-state index in [0.29, 0.717) is 6.42 Å². The Kier molecular flexibility index (Phi) is 5.47. The van der Waals surface area contributed by atoms with Crippen molar-refractivity contribution in [2.45, 2.75) is 33.1 Å². The van der Waals surface area contributed by atoms with Crippen LogP contribution in [-0.2, 0) is 9.59 Å². The van der Waals surface area contributed by atoms with E-state index in [9.17, 15) is 19.8 Å². The number of rotatable bonds is 6. The molecule has 1 saturated carbocycles. The largest absolute Gasteiger partial charge is 0.396 e. The fourth-order valence-corrected chi connectivity index (χ4v) is 3.07. The summed E-state index contributed by atoms with van der Waals surface area (Å²) in [6.45, 7) is 3.81. The van der Waals surface area contributed by atoms with Crippen LogP contribution in [0.4, 0.5) is 0 Å². The van der Waals surface area contributed by atoms with Crippen LogP contribution in [0.2, 0.25) is 0 Å². The average molecular weight is 256 g/mol. The van der Waals surface area contributed by atoms with E-state index in [1.807, 2.05) is 13.8 Å². The van der Waals surface area contributed by atoms with Gasteiger partial charge >= 0.3 is 0 Å². The Morgan fingerprint density at radius 2 is 1.78 bits per heavy atom. The van der Waals surface area contributed by atoms with E-state index in [1.165, 1.54) is 0 Å². The van der Waals surface area contributed by atoms with Crippen LogP contribution in [0.15, 0.2) is 0 Å². The molecule has 0 aliphatic heterocycles. The van der Waals surface area contributed by atoms with Crippen molar-refractivity contribution in [3.05, 3.63) is 0 Å². The summed E-state index contributed by atoms with van der Waals surface area (Å²) in [7, 11) is 0. The molecule has 1 aliphatic rings. The Balaban J connectivity index is 2.81. The number of hydrogen-bond donors (Lipinski definition) is 2. The molecule has 4 nitrogen and oxygen atoms in total. The van der Waals surface area contributed by atoms with Gasteiger partial charge in [-0.3, -0.25) is 0 Å². The molecule has 18 heavy (non-hydrogen) atoms. The van der Waals surface area contributed by atoms with E-state index >= 15 is 0 Å². The lowest BCUT2D eigenvalue weighted by molar-refractivity contribution is -0.134. The molecule has 0 amide bonds. The van der Waals surface area contributed by atoms with Gasteiger partial charge in [0.05, 0.1) is 5.41 Å². The topological polar surface area (TPSA) is 74.6 Å². The van der Waals surface area contributed by atoms with Gasteiger partial charge in [0.25, 0.3) is 0 Å². The molecule has 104 valence electrons. The Bertz CT molecular complexity index is 278. The summed E-state index contributed by atoms with van der Waals surface area (Å²) >= 11 is 0. The van der Waals surface area contributed by atoms with Crippen LogP contribution >= 0.6 is 0 Å². The molecule has 0 saturated heterocycles. The normalized spacial score (nSPS) is 28.9. The van der Waals surface area contributed by atoms with Gasteiger partial charge < -0.3 is 19.8 Å². The molecule has 1 aliphatic carbocycles. The Labute approximate surface area is 108 Å². The molecule has 0 aromatic carbocycles. The monoisotopic (exact) mass is 256 g/mol. The molecule has 3 unspecified atom stereocenters. The molecule has 2 N–H and O–H groups in total. The maximum Gasteiger partial charge on any atom is 0.133 e. The lowest BCUT2D eigenvalue weighted by atomic mass is 9.61. The van der Waals surface area contributed by atoms with Gasteiger partial charge in [0.15, 0.2) is 0 Å². The number of aliphatic hydroxyl groups is 2. The van der Waals surface area contributed by atoms with Crippen LogP contribution in [0, 0.1) is 29.1 Å². The van der Waals surface area contributed by atoms with Crippen molar-refractivity contribution in [2.75, 3.05) is 13.2 Å². The molecule has 1 fully saturated rings. The summed E-state index contributed by atoms with van der Waals surface area (Å²) in [6.07, 6.45) is 3.91. The Morgan fingerprint density at radius 3 is 2.22 bits per heavy atom. The number of carbonyl (C=O) groups is 2. The second-order valence-electron chi connectivity index (χ2n) is 5.78. The molecule has 0 heterocycles. The minimum atomic E-state index is -0.868. The Morgan fingerprint density at radius 1 is 1.22 bits per heavy atom. The molecule has 0 radical (unpaired) electrons. The van der Waals surface area contributed by atoms with Crippen LogP contribution in [0.1, 0.15) is 33.1 Å². The first-order valence-electron chi connectivity index (χ1n) is 6.69. The highest BCUT2D eigenvalue weighted by Crippen LogP contribution is 2.44. The molecular weight excluding hydrogens is 232 g/mol. The summed E-state index contributed by atoms with van der Waals surface area (Å²) in [6, 6.07) is 0. The highest BCUT2D eigenvalue weighted by atomic mass is 16.3. The van der Waals surface area contributed by atoms with Crippen molar-refractivity contribution in [2.24, 2.45) is 29.1 Å². The second kappa shape index (κ2) is 6.43. The molecule has 0 aromatic heterocycles. The number of carbonyl (C=O) groups excluding carboxylic acids is 2. The fourth-order valence-electron chi connectivity index (χ4n) is 3.07. The lowest BCUT2D eigenvalue weighted by Crippen LogP contribution is -2.42. The molecule has 1 rings (SSSR count). The highest BCUT2D eigenvalue weighted by molar-refractivity contribution is 5.84. The maximum absolute atomic E-state index is 11.3. The first-order valence-corrected chi connectivity index (χ1v) is 6.69. The summed E-state index contributed by atoms with van der Waals surface area (Å²) in [5.74, 6) is 0.240. The van der Waals surface area contributed by atoms with Gasteiger partial charge in [-0.25, -0.2) is 0 Å². The van der Waals surface area contributed by atoms with E-state index in [4.69, 9.17) is 0 Å². The van der Waals surface area contributed by atoms with Crippen molar-refractivity contribution < 1.29 is 19.8 Å². The molecule has 4 heteroatoms. The summed E-state index contributed by atoms with van der Waals surface area (Å²) < 4.78 is 0. The lowest BCUT2D eigenvalue weighted by Gasteiger charge is -2.42. The second-order valence-corrected chi connectivity index (χ2v) is 5.78. The van der Waals surface area contributed by atoms with E-state index in [1.54, 1.807) is 0 Å². The molecular formula is C14H24O4. The van der Waals surface area contributed by atoms with Crippen LogP contribution in [0.3, 0.4) is 0 Å². The molecule has 3 atom stereocenters. The van der Waals surface area contributed by atoms with E-state index in [2.05, 4.69) is 0 Å². The number of aldehydes is 2. The van der Waals surface area contributed by atoms with E-state index < -0.39 is 5.41 Å². The van der Waals surface area contributed by atoms with Crippen molar-refractivity contribution in [3.63, 3.8) is 0 Å². The van der Waals surface area contributed by atoms with E-state index in [-0.39, 0.29) is 36.9 Å². The highest BCUT2D eigenvalue weighted by Gasteiger charge is 2.43. The first kappa shape index (κ1) is 15.3. The SMILES string of the molecule is CC(C(CO)CO)C1CCC(C)C(C=O)(C=O)C1. The zero-order valence-electron chi connectivity index (χ0n) is 11.2. The molecule has 0 spiro atoms. The van der Waals surface area contributed by atoms with Gasteiger partial charge in [-0.15, -0.1) is 0 Å². The minimum absolute atomic E-state index is 0.0566. The third kappa shape index (κ3) is 2.81. The smallest absolute Gasteiger partial charge is 0.133 e. The van der Waals surface area contributed by atoms with Gasteiger partial charge in [0.1, 0.15) is 12.6 Å². The molecule has 0 aromatic rings. The van der Waals surface area contributed by atoms with Crippen molar-refractivity contribution >= 4 is 12.6 Å². The Hall–Kier alpha value is -0.740. The number of aliphatic hydroxyl groups excluding tert-OH is 2. The minimum Gasteiger partial charge on any atom is -0.396 e. The zero-order valence-corrected chi connectivity index (χ0v) is 11.2. The quantitative estimate of drug-likeness (QED) is 0.550. The van der Waals surface area contributed by atoms with Crippen LogP contribution < -0.4 is 0 Å². The average Bonchev–Trinajstić information content (AvgIpc) is 2.41. The van der Waals surface area contributed by atoms with Crippen LogP contribution in [0.25, 0.3) is 0 Å². The van der Waals surface area contributed by atoms with Gasteiger partial charge in [-0.05, 0) is 37.0 Å². The number of hydrogen-bond acceptors (Lipinski definition) is 4. The van der Waals surface area contributed by atoms with Gasteiger partial charge in [0, 0.05) is 19.1 Å². The van der Waals surface area contributed by atoms with Crippen molar-refractivity contribution in [1.29, 1.82) is 0 Å². The van der Waals surface area contributed by atoms with Crippen LogP contribution in [-0.4, -0.2) is 36.0 Å². The molecule has 0 bridgehead atoms. The maximum atomic E-state index is 11.3. The van der Waals surface area contributed by atoms with Gasteiger partial charge in [-0.1, -0.05) is 13.8 Å². The predicted molar refractivity (Wildman–Crippen MR) is 67.9 cm³/mol. The third-order valence-corrected chi connectivity index (χ3v) is 4.90. The van der Waals surface area contributed by atoms with E-state index in [0.717, 1.165) is 25.4 Å². The van der Waals surface area contributed by atoms with Crippen molar-refractivity contribution in [1.82, 2.24) is 0 Å². The van der Waals surface area contributed by atoms with Crippen LogP contribution in [0.5, 0.6) is 0 Å². The third-order valence-electron chi connectivity index (χ3n) is 4.90. The predicted octanol–water partition coefficient (Wildman–Crippen LogP) is 1.04. The van der Waals surface area contributed by atoms with Crippen molar-refractivity contribution in [3.8, 4) is 0 Å². The first-order chi connectivity index (χ1) is 8.54.